The maximum Gasteiger partial charge on any atom is 0.416 e. The molecule has 136 valence electrons. The van der Waals surface area contributed by atoms with E-state index < -0.39 is 52.9 Å². The van der Waals surface area contributed by atoms with E-state index in [1.807, 2.05) is 0 Å². The third-order valence-electron chi connectivity index (χ3n) is 3.97. The fraction of sp³-hybridized carbons (Fsp3) is 0.533. The molecular formula is C15H17F6NO2. The zero-order valence-corrected chi connectivity index (χ0v) is 12.9. The number of carboxylic acid groups (broad SMARTS) is 1. The van der Waals surface area contributed by atoms with Crippen LogP contribution in [0.4, 0.5) is 26.3 Å². The molecule has 1 rings (SSSR count). The monoisotopic (exact) mass is 357 g/mol. The van der Waals surface area contributed by atoms with E-state index in [0.717, 1.165) is 0 Å². The van der Waals surface area contributed by atoms with Gasteiger partial charge in [-0.1, -0.05) is 13.8 Å². The predicted octanol–water partition coefficient (Wildman–Crippen LogP) is 4.27. The number of halogens is 6. The molecule has 0 amide bonds. The normalized spacial score (nSPS) is 16.5. The van der Waals surface area contributed by atoms with Crippen LogP contribution in [0.2, 0.25) is 0 Å². The summed E-state index contributed by atoms with van der Waals surface area (Å²) in [5.74, 6) is -2.95. The fourth-order valence-electron chi connectivity index (χ4n) is 2.39. The summed E-state index contributed by atoms with van der Waals surface area (Å²) in [5, 5.41) is 8.76. The van der Waals surface area contributed by atoms with Crippen LogP contribution in [0.15, 0.2) is 18.2 Å². The van der Waals surface area contributed by atoms with Gasteiger partial charge in [0.05, 0.1) is 11.1 Å². The molecule has 0 saturated carbocycles. The smallest absolute Gasteiger partial charge is 0.416 e. The van der Waals surface area contributed by atoms with Crippen molar-refractivity contribution in [3.8, 4) is 0 Å². The lowest BCUT2D eigenvalue weighted by Crippen LogP contribution is -2.33. The van der Waals surface area contributed by atoms with Crippen LogP contribution in [0.25, 0.3) is 0 Å². The van der Waals surface area contributed by atoms with Crippen LogP contribution in [0.1, 0.15) is 42.9 Å². The van der Waals surface area contributed by atoms with Crippen molar-refractivity contribution in [1.29, 1.82) is 0 Å². The molecule has 0 spiro atoms. The van der Waals surface area contributed by atoms with Crippen molar-refractivity contribution in [3.63, 3.8) is 0 Å². The molecule has 3 atom stereocenters. The molecule has 1 aromatic rings. The summed E-state index contributed by atoms with van der Waals surface area (Å²) in [7, 11) is 0. The van der Waals surface area contributed by atoms with Crippen molar-refractivity contribution < 1.29 is 36.2 Å². The lowest BCUT2D eigenvalue weighted by atomic mass is 9.82. The van der Waals surface area contributed by atoms with E-state index in [-0.39, 0.29) is 6.42 Å². The molecule has 0 aromatic heterocycles. The van der Waals surface area contributed by atoms with Gasteiger partial charge in [-0.05, 0) is 42.0 Å². The highest BCUT2D eigenvalue weighted by Gasteiger charge is 2.38. The lowest BCUT2D eigenvalue weighted by Gasteiger charge is -2.26. The molecular weight excluding hydrogens is 340 g/mol. The number of carboxylic acids is 1. The molecule has 0 bridgehead atoms. The number of hydrogen-bond donors (Lipinski definition) is 2. The van der Waals surface area contributed by atoms with Gasteiger partial charge in [0.15, 0.2) is 0 Å². The summed E-state index contributed by atoms with van der Waals surface area (Å²) in [6.07, 6.45) is -9.76. The van der Waals surface area contributed by atoms with Crippen molar-refractivity contribution in [2.45, 2.75) is 44.6 Å². The second-order valence-corrected chi connectivity index (χ2v) is 5.74. The van der Waals surface area contributed by atoms with Gasteiger partial charge in [-0.2, -0.15) is 26.3 Å². The summed E-state index contributed by atoms with van der Waals surface area (Å²) < 4.78 is 77.7. The Hall–Kier alpha value is -1.77. The number of benzene rings is 1. The summed E-state index contributed by atoms with van der Waals surface area (Å²) in [4.78, 5) is 10.8. The van der Waals surface area contributed by atoms with Crippen molar-refractivity contribution in [2.75, 3.05) is 0 Å². The summed E-state index contributed by atoms with van der Waals surface area (Å²) in [6, 6.07) is -0.0517. The van der Waals surface area contributed by atoms with Crippen LogP contribution in [0.3, 0.4) is 0 Å². The largest absolute Gasteiger partial charge is 0.480 e. The van der Waals surface area contributed by atoms with Crippen LogP contribution in [0.5, 0.6) is 0 Å². The third kappa shape index (κ3) is 4.86. The Labute approximate surface area is 134 Å². The standard InChI is InChI=1S/C15H17F6NO2/c1-7(5-12(22)13(23)24)8(2)10-6-9(14(16,17)18)3-4-11(10)15(19,20)21/h3-4,6-8,12H,5,22H2,1-2H3,(H,23,24). The van der Waals surface area contributed by atoms with E-state index in [0.29, 0.717) is 18.2 Å². The van der Waals surface area contributed by atoms with Gasteiger partial charge in [-0.25, -0.2) is 0 Å². The second-order valence-electron chi connectivity index (χ2n) is 5.74. The molecule has 0 aliphatic carbocycles. The van der Waals surface area contributed by atoms with Crippen LogP contribution >= 0.6 is 0 Å². The zero-order chi connectivity index (χ0) is 18.9. The van der Waals surface area contributed by atoms with Gasteiger partial charge in [-0.3, -0.25) is 4.79 Å². The van der Waals surface area contributed by atoms with E-state index in [9.17, 15) is 31.1 Å². The average molecular weight is 357 g/mol. The molecule has 0 saturated heterocycles. The van der Waals surface area contributed by atoms with Crippen molar-refractivity contribution in [1.82, 2.24) is 0 Å². The first-order chi connectivity index (χ1) is 10.7. The highest BCUT2D eigenvalue weighted by atomic mass is 19.4. The van der Waals surface area contributed by atoms with Gasteiger partial charge >= 0.3 is 18.3 Å². The Morgan fingerprint density at radius 1 is 1.12 bits per heavy atom. The van der Waals surface area contributed by atoms with E-state index in [4.69, 9.17) is 10.8 Å². The minimum absolute atomic E-state index is 0.163. The number of carbonyl (C=O) groups is 1. The Kier molecular flexibility index (Phi) is 5.91. The molecule has 3 nitrogen and oxygen atoms in total. The van der Waals surface area contributed by atoms with Crippen LogP contribution < -0.4 is 5.73 Å². The van der Waals surface area contributed by atoms with Crippen LogP contribution in [-0.4, -0.2) is 17.1 Å². The first-order valence-corrected chi connectivity index (χ1v) is 7.01. The number of aliphatic carboxylic acids is 1. The SMILES string of the molecule is CC(CC(N)C(=O)O)C(C)c1cc(C(F)(F)F)ccc1C(F)(F)F. The van der Waals surface area contributed by atoms with E-state index in [1.165, 1.54) is 13.8 Å². The van der Waals surface area contributed by atoms with Gasteiger partial charge in [-0.15, -0.1) is 0 Å². The molecule has 1 aromatic carbocycles. The Morgan fingerprint density at radius 3 is 2.08 bits per heavy atom. The van der Waals surface area contributed by atoms with Gasteiger partial charge in [0.2, 0.25) is 0 Å². The van der Waals surface area contributed by atoms with Gasteiger partial charge in [0.25, 0.3) is 0 Å². The van der Waals surface area contributed by atoms with Crippen LogP contribution in [0, 0.1) is 5.92 Å². The molecule has 24 heavy (non-hydrogen) atoms. The first-order valence-electron chi connectivity index (χ1n) is 7.01. The van der Waals surface area contributed by atoms with Crippen molar-refractivity contribution in [2.24, 2.45) is 11.7 Å². The van der Waals surface area contributed by atoms with Gasteiger partial charge in [0.1, 0.15) is 6.04 Å². The van der Waals surface area contributed by atoms with Crippen molar-refractivity contribution in [3.05, 3.63) is 34.9 Å². The minimum Gasteiger partial charge on any atom is -0.480 e. The van der Waals surface area contributed by atoms with E-state index in [2.05, 4.69) is 0 Å². The predicted molar refractivity (Wildman–Crippen MR) is 74.3 cm³/mol. The molecule has 3 unspecified atom stereocenters. The molecule has 0 radical (unpaired) electrons. The van der Waals surface area contributed by atoms with Crippen LogP contribution in [-0.2, 0) is 17.1 Å². The topological polar surface area (TPSA) is 63.3 Å². The fourth-order valence-corrected chi connectivity index (χ4v) is 2.39. The quantitative estimate of drug-likeness (QED) is 0.774. The van der Waals surface area contributed by atoms with Gasteiger partial charge in [0, 0.05) is 0 Å². The third-order valence-corrected chi connectivity index (χ3v) is 3.97. The maximum absolute atomic E-state index is 13.1. The zero-order valence-electron chi connectivity index (χ0n) is 12.9. The minimum atomic E-state index is -4.82. The summed E-state index contributed by atoms with van der Waals surface area (Å²) in [5.41, 5.74) is 2.47. The summed E-state index contributed by atoms with van der Waals surface area (Å²) in [6.45, 7) is 2.78. The summed E-state index contributed by atoms with van der Waals surface area (Å²) >= 11 is 0. The molecule has 0 fully saturated rings. The van der Waals surface area contributed by atoms with Crippen molar-refractivity contribution >= 4 is 5.97 Å². The average Bonchev–Trinajstić information content (AvgIpc) is 2.43. The molecule has 9 heteroatoms. The second kappa shape index (κ2) is 7.00. The lowest BCUT2D eigenvalue weighted by molar-refractivity contribution is -0.142. The first kappa shape index (κ1) is 20.3. The molecule has 0 aliphatic heterocycles. The molecule has 0 aliphatic rings. The maximum atomic E-state index is 13.1. The van der Waals surface area contributed by atoms with E-state index >= 15 is 0 Å². The number of alkyl halides is 6. The number of hydrogen-bond acceptors (Lipinski definition) is 2. The van der Waals surface area contributed by atoms with E-state index in [1.54, 1.807) is 0 Å². The number of rotatable bonds is 5. The molecule has 3 N–H and O–H groups in total. The van der Waals surface area contributed by atoms with Gasteiger partial charge < -0.3 is 10.8 Å². The Bertz CT molecular complexity index is 597. The Morgan fingerprint density at radius 2 is 1.67 bits per heavy atom. The Balaban J connectivity index is 3.29. The highest BCUT2D eigenvalue weighted by molar-refractivity contribution is 5.73. The highest BCUT2D eigenvalue weighted by Crippen LogP contribution is 2.41. The number of nitrogens with two attached hydrogens (primary N) is 1. The molecule has 0 heterocycles.